The molecule has 5 heteroatoms. The maximum Gasteiger partial charge on any atom is 0.144 e. The van der Waals surface area contributed by atoms with Crippen molar-refractivity contribution in [2.45, 2.75) is 12.2 Å². The molecule has 6 N–H and O–H groups in total. The van der Waals surface area contributed by atoms with Crippen LogP contribution in [0.4, 0.5) is 5.69 Å². The summed E-state index contributed by atoms with van der Waals surface area (Å²) in [6, 6.07) is 4.43. The average molecular weight is 199 g/mol. The minimum atomic E-state index is -1.34. The van der Waals surface area contributed by atoms with Gasteiger partial charge in [0.05, 0.1) is 12.3 Å². The third kappa shape index (κ3) is 1.95. The first-order valence-electron chi connectivity index (χ1n) is 4.12. The van der Waals surface area contributed by atoms with Crippen molar-refractivity contribution in [1.29, 1.82) is 0 Å². The number of aliphatic hydroxyl groups excluding tert-OH is 3. The van der Waals surface area contributed by atoms with Crippen LogP contribution in [0, 0.1) is 0 Å². The van der Waals surface area contributed by atoms with E-state index in [0.717, 1.165) is 0 Å². The van der Waals surface area contributed by atoms with Gasteiger partial charge in [-0.25, -0.2) is 0 Å². The summed E-state index contributed by atoms with van der Waals surface area (Å²) in [5.41, 5.74) is 5.62. The summed E-state index contributed by atoms with van der Waals surface area (Å²) in [5.74, 6) is -0.271. The molecule has 1 aromatic carbocycles. The molecule has 0 aliphatic carbocycles. The van der Waals surface area contributed by atoms with E-state index in [1.54, 1.807) is 0 Å². The van der Waals surface area contributed by atoms with E-state index in [0.29, 0.717) is 0 Å². The molecular formula is C9H13NO4. The Morgan fingerprint density at radius 3 is 2.50 bits per heavy atom. The molecule has 0 aliphatic rings. The maximum atomic E-state index is 9.47. The van der Waals surface area contributed by atoms with Gasteiger partial charge in [0.25, 0.3) is 0 Å². The lowest BCUT2D eigenvalue weighted by Crippen LogP contribution is -2.22. The number of aliphatic hydroxyl groups is 3. The summed E-state index contributed by atoms with van der Waals surface area (Å²) in [6.07, 6.45) is -2.67. The van der Waals surface area contributed by atoms with Crippen molar-refractivity contribution < 1.29 is 20.4 Å². The zero-order chi connectivity index (χ0) is 10.7. The highest BCUT2D eigenvalue weighted by molar-refractivity contribution is 5.56. The van der Waals surface area contributed by atoms with Gasteiger partial charge < -0.3 is 26.2 Å². The number of nitrogen functional groups attached to an aromatic ring is 1. The number of anilines is 1. The van der Waals surface area contributed by atoms with Gasteiger partial charge in [-0.15, -0.1) is 0 Å². The quantitative estimate of drug-likeness (QED) is 0.329. The largest absolute Gasteiger partial charge is 0.505 e. The summed E-state index contributed by atoms with van der Waals surface area (Å²) >= 11 is 0. The van der Waals surface area contributed by atoms with Crippen molar-refractivity contribution >= 4 is 5.69 Å². The van der Waals surface area contributed by atoms with E-state index in [-0.39, 0.29) is 17.0 Å². The minimum absolute atomic E-state index is 0.103. The number of rotatable bonds is 3. The van der Waals surface area contributed by atoms with Crippen LogP contribution in [0.1, 0.15) is 11.7 Å². The Labute approximate surface area is 81.0 Å². The first-order chi connectivity index (χ1) is 6.57. The van der Waals surface area contributed by atoms with Crippen LogP contribution in [0.15, 0.2) is 18.2 Å². The molecule has 0 bridgehead atoms. The molecule has 0 radical (unpaired) electrons. The number of hydrogen-bond donors (Lipinski definition) is 5. The van der Waals surface area contributed by atoms with Gasteiger partial charge in [-0.05, 0) is 6.07 Å². The van der Waals surface area contributed by atoms with Crippen LogP contribution in [-0.4, -0.2) is 33.1 Å². The first kappa shape index (κ1) is 10.8. The Hall–Kier alpha value is -1.30. The van der Waals surface area contributed by atoms with Crippen LogP contribution < -0.4 is 5.73 Å². The second kappa shape index (κ2) is 4.28. The van der Waals surface area contributed by atoms with Crippen LogP contribution in [-0.2, 0) is 0 Å². The summed E-state index contributed by atoms with van der Waals surface area (Å²) in [7, 11) is 0. The molecule has 5 nitrogen and oxygen atoms in total. The molecule has 2 atom stereocenters. The minimum Gasteiger partial charge on any atom is -0.505 e. The molecule has 0 fully saturated rings. The van der Waals surface area contributed by atoms with E-state index in [9.17, 15) is 10.2 Å². The van der Waals surface area contributed by atoms with Gasteiger partial charge in [0.15, 0.2) is 0 Å². The normalized spacial score (nSPS) is 15.1. The monoisotopic (exact) mass is 199 g/mol. The van der Waals surface area contributed by atoms with E-state index >= 15 is 0 Å². The number of benzene rings is 1. The van der Waals surface area contributed by atoms with Crippen molar-refractivity contribution in [3.63, 3.8) is 0 Å². The SMILES string of the molecule is Nc1cccc(C(O)C(O)CO)c1O. The third-order valence-corrected chi connectivity index (χ3v) is 1.97. The van der Waals surface area contributed by atoms with Gasteiger partial charge in [-0.2, -0.15) is 0 Å². The maximum absolute atomic E-state index is 9.47. The number of aromatic hydroxyl groups is 1. The second-order valence-corrected chi connectivity index (χ2v) is 2.98. The van der Waals surface area contributed by atoms with Crippen LogP contribution in [0.5, 0.6) is 5.75 Å². The summed E-state index contributed by atoms with van der Waals surface area (Å²) in [4.78, 5) is 0. The Morgan fingerprint density at radius 1 is 1.29 bits per heavy atom. The fraction of sp³-hybridized carbons (Fsp3) is 0.333. The molecule has 0 saturated carbocycles. The molecule has 14 heavy (non-hydrogen) atoms. The second-order valence-electron chi connectivity index (χ2n) is 2.98. The van der Waals surface area contributed by atoms with Crippen molar-refractivity contribution in [2.75, 3.05) is 12.3 Å². The molecule has 1 aromatic rings. The lowest BCUT2D eigenvalue weighted by atomic mass is 10.0. The smallest absolute Gasteiger partial charge is 0.144 e. The van der Waals surface area contributed by atoms with Gasteiger partial charge in [-0.3, -0.25) is 0 Å². The molecular weight excluding hydrogens is 186 g/mol. The molecule has 78 valence electrons. The Balaban J connectivity index is 3.01. The molecule has 1 rings (SSSR count). The summed E-state index contributed by atoms with van der Waals surface area (Å²) in [6.45, 7) is -0.588. The van der Waals surface area contributed by atoms with Gasteiger partial charge in [0.1, 0.15) is 18.0 Å². The number of para-hydroxylation sites is 1. The lowest BCUT2D eigenvalue weighted by molar-refractivity contribution is -0.0161. The molecule has 0 heterocycles. The molecule has 2 unspecified atom stereocenters. The van der Waals surface area contributed by atoms with Crippen LogP contribution >= 0.6 is 0 Å². The number of phenols is 1. The van der Waals surface area contributed by atoms with Crippen LogP contribution in [0.2, 0.25) is 0 Å². The Morgan fingerprint density at radius 2 is 1.93 bits per heavy atom. The molecule has 0 spiro atoms. The van der Waals surface area contributed by atoms with E-state index in [2.05, 4.69) is 0 Å². The highest BCUT2D eigenvalue weighted by Gasteiger charge is 2.21. The number of nitrogens with two attached hydrogens (primary N) is 1. The van der Waals surface area contributed by atoms with Crippen LogP contribution in [0.3, 0.4) is 0 Å². The third-order valence-electron chi connectivity index (χ3n) is 1.97. The zero-order valence-electron chi connectivity index (χ0n) is 7.46. The fourth-order valence-electron chi connectivity index (χ4n) is 1.13. The van der Waals surface area contributed by atoms with Gasteiger partial charge in [0.2, 0.25) is 0 Å². The number of hydrogen-bond acceptors (Lipinski definition) is 5. The topological polar surface area (TPSA) is 107 Å². The van der Waals surface area contributed by atoms with Crippen molar-refractivity contribution in [3.05, 3.63) is 23.8 Å². The van der Waals surface area contributed by atoms with Crippen molar-refractivity contribution in [2.24, 2.45) is 0 Å². The van der Waals surface area contributed by atoms with Crippen molar-refractivity contribution in [3.8, 4) is 5.75 Å². The fourth-order valence-corrected chi connectivity index (χ4v) is 1.13. The highest BCUT2D eigenvalue weighted by atomic mass is 16.4. The van der Waals surface area contributed by atoms with E-state index in [1.165, 1.54) is 18.2 Å². The van der Waals surface area contributed by atoms with Gasteiger partial charge in [-0.1, -0.05) is 12.1 Å². The molecule has 0 aliphatic heterocycles. The predicted molar refractivity (Wildman–Crippen MR) is 50.6 cm³/mol. The zero-order valence-corrected chi connectivity index (χ0v) is 7.46. The van der Waals surface area contributed by atoms with Crippen molar-refractivity contribution in [1.82, 2.24) is 0 Å². The number of phenolic OH excluding ortho intramolecular Hbond substituents is 1. The Kier molecular flexibility index (Phi) is 3.29. The highest BCUT2D eigenvalue weighted by Crippen LogP contribution is 2.30. The Bertz CT molecular complexity index is 316. The van der Waals surface area contributed by atoms with Gasteiger partial charge in [0, 0.05) is 5.56 Å². The molecule has 0 saturated heterocycles. The standard InChI is InChI=1S/C9H13NO4/c10-6-3-1-2-5(8(6)13)9(14)7(12)4-11/h1-3,7,9,11-14H,4,10H2. The summed E-state index contributed by atoms with van der Waals surface area (Å²) < 4.78 is 0. The summed E-state index contributed by atoms with van der Waals surface area (Å²) in [5, 5.41) is 36.7. The molecule has 0 amide bonds. The van der Waals surface area contributed by atoms with Gasteiger partial charge >= 0.3 is 0 Å². The first-order valence-corrected chi connectivity index (χ1v) is 4.12. The predicted octanol–water partition coefficient (Wildman–Crippen LogP) is -0.639. The molecule has 0 aromatic heterocycles. The van der Waals surface area contributed by atoms with E-state index < -0.39 is 18.8 Å². The van der Waals surface area contributed by atoms with E-state index in [4.69, 9.17) is 15.9 Å². The van der Waals surface area contributed by atoms with E-state index in [1.807, 2.05) is 0 Å². The lowest BCUT2D eigenvalue weighted by Gasteiger charge is -2.17. The average Bonchev–Trinajstić information content (AvgIpc) is 2.20. The van der Waals surface area contributed by atoms with Crippen LogP contribution in [0.25, 0.3) is 0 Å².